The molecular weight excluding hydrogens is 218 g/mol. The van der Waals surface area contributed by atoms with Gasteiger partial charge in [0.1, 0.15) is 0 Å². The molecule has 1 saturated carbocycles. The number of nitrogens with zero attached hydrogens (tertiary/aromatic N) is 1. The molecule has 0 saturated heterocycles. The summed E-state index contributed by atoms with van der Waals surface area (Å²) in [6.07, 6.45) is 5.30. The summed E-state index contributed by atoms with van der Waals surface area (Å²) in [5.74, 6) is 0.982. The van der Waals surface area contributed by atoms with Crippen LogP contribution in [0.25, 0.3) is 0 Å². The van der Waals surface area contributed by atoms with E-state index in [-0.39, 0.29) is 0 Å². The summed E-state index contributed by atoms with van der Waals surface area (Å²) in [4.78, 5) is 2.38. The third kappa shape index (κ3) is 4.27. The fraction of sp³-hybridized carbons (Fsp3) is 1.00. The Morgan fingerprint density at radius 2 is 1.88 bits per heavy atom. The van der Waals surface area contributed by atoms with Crippen molar-refractivity contribution in [3.8, 4) is 0 Å². The molecule has 3 heteroatoms. The van der Waals surface area contributed by atoms with E-state index in [2.05, 4.69) is 24.5 Å². The Kier molecular flexibility index (Phi) is 5.14. The summed E-state index contributed by atoms with van der Waals surface area (Å²) >= 11 is 4.54. The predicted molar refractivity (Wildman–Crippen MR) is 73.2 cm³/mol. The van der Waals surface area contributed by atoms with Gasteiger partial charge in [0.05, 0.1) is 5.60 Å². The second-order valence-corrected chi connectivity index (χ2v) is 6.30. The highest BCUT2D eigenvalue weighted by atomic mass is 32.1. The first-order valence-electron chi connectivity index (χ1n) is 6.46. The SMILES string of the molecule is CCN(CC(C)(C)O)CC1(CS)CCCC1. The molecule has 0 aromatic rings. The minimum Gasteiger partial charge on any atom is -0.389 e. The summed E-state index contributed by atoms with van der Waals surface area (Å²) in [6, 6.07) is 0. The van der Waals surface area contributed by atoms with Crippen LogP contribution >= 0.6 is 12.6 Å². The van der Waals surface area contributed by atoms with Crippen molar-refractivity contribution >= 4 is 12.6 Å². The van der Waals surface area contributed by atoms with Gasteiger partial charge in [0, 0.05) is 13.1 Å². The molecule has 2 nitrogen and oxygen atoms in total. The summed E-state index contributed by atoms with van der Waals surface area (Å²) in [5, 5.41) is 9.89. The van der Waals surface area contributed by atoms with E-state index in [0.717, 1.165) is 25.4 Å². The lowest BCUT2D eigenvalue weighted by Crippen LogP contribution is -2.44. The Bertz CT molecular complexity index is 206. The summed E-state index contributed by atoms with van der Waals surface area (Å²) in [6.45, 7) is 8.82. The van der Waals surface area contributed by atoms with Crippen LogP contribution in [0.2, 0.25) is 0 Å². The molecule has 1 rings (SSSR count). The normalized spacial score (nSPS) is 20.6. The van der Waals surface area contributed by atoms with Gasteiger partial charge in [0.2, 0.25) is 0 Å². The molecule has 0 radical (unpaired) electrons. The van der Waals surface area contributed by atoms with Crippen LogP contribution in [0.5, 0.6) is 0 Å². The number of rotatable bonds is 6. The van der Waals surface area contributed by atoms with Gasteiger partial charge >= 0.3 is 0 Å². The van der Waals surface area contributed by atoms with Crippen LogP contribution in [0.4, 0.5) is 0 Å². The number of likely N-dealkylation sites (N-methyl/N-ethyl adjacent to an activating group) is 1. The van der Waals surface area contributed by atoms with Gasteiger partial charge in [0.15, 0.2) is 0 Å². The summed E-state index contributed by atoms with van der Waals surface area (Å²) < 4.78 is 0. The van der Waals surface area contributed by atoms with Gasteiger partial charge in [-0.1, -0.05) is 19.8 Å². The molecule has 16 heavy (non-hydrogen) atoms. The Labute approximate surface area is 106 Å². The molecule has 1 aliphatic rings. The second kappa shape index (κ2) is 5.74. The zero-order valence-electron chi connectivity index (χ0n) is 11.0. The van der Waals surface area contributed by atoms with E-state index in [9.17, 15) is 5.11 Å². The monoisotopic (exact) mass is 245 g/mol. The van der Waals surface area contributed by atoms with Gasteiger partial charge in [-0.05, 0) is 44.4 Å². The maximum atomic E-state index is 9.89. The van der Waals surface area contributed by atoms with Gasteiger partial charge in [0.25, 0.3) is 0 Å². The van der Waals surface area contributed by atoms with Crippen LogP contribution in [-0.4, -0.2) is 41.0 Å². The Balaban J connectivity index is 2.54. The quantitative estimate of drug-likeness (QED) is 0.703. The third-order valence-corrected chi connectivity index (χ3v) is 4.29. The first-order valence-corrected chi connectivity index (χ1v) is 7.10. The van der Waals surface area contributed by atoms with Crippen LogP contribution in [0.1, 0.15) is 46.5 Å². The van der Waals surface area contributed by atoms with Gasteiger partial charge in [-0.15, -0.1) is 0 Å². The number of hydrogen-bond donors (Lipinski definition) is 2. The maximum absolute atomic E-state index is 9.89. The molecule has 0 spiro atoms. The molecule has 96 valence electrons. The van der Waals surface area contributed by atoms with Gasteiger partial charge < -0.3 is 10.0 Å². The van der Waals surface area contributed by atoms with Gasteiger partial charge in [-0.3, -0.25) is 0 Å². The molecule has 1 aliphatic carbocycles. The van der Waals surface area contributed by atoms with Crippen molar-refractivity contribution in [3.63, 3.8) is 0 Å². The Morgan fingerprint density at radius 3 is 2.25 bits per heavy atom. The molecule has 0 amide bonds. The summed E-state index contributed by atoms with van der Waals surface area (Å²) in [7, 11) is 0. The largest absolute Gasteiger partial charge is 0.389 e. The highest BCUT2D eigenvalue weighted by molar-refractivity contribution is 7.80. The van der Waals surface area contributed by atoms with Gasteiger partial charge in [-0.2, -0.15) is 12.6 Å². The molecule has 1 fully saturated rings. The van der Waals surface area contributed by atoms with E-state index in [0.29, 0.717) is 5.41 Å². The number of hydrogen-bond acceptors (Lipinski definition) is 3. The maximum Gasteiger partial charge on any atom is 0.0718 e. The van der Waals surface area contributed by atoms with E-state index in [1.54, 1.807) is 0 Å². The molecule has 0 unspecified atom stereocenters. The minimum absolute atomic E-state index is 0.407. The lowest BCUT2D eigenvalue weighted by Gasteiger charge is -2.36. The van der Waals surface area contributed by atoms with E-state index in [1.165, 1.54) is 25.7 Å². The van der Waals surface area contributed by atoms with Crippen molar-refractivity contribution in [2.24, 2.45) is 5.41 Å². The minimum atomic E-state index is -0.591. The van der Waals surface area contributed by atoms with Crippen LogP contribution in [0, 0.1) is 5.41 Å². The Hall–Kier alpha value is 0.270. The first-order chi connectivity index (χ1) is 7.41. The Morgan fingerprint density at radius 1 is 1.31 bits per heavy atom. The fourth-order valence-corrected chi connectivity index (χ4v) is 3.21. The standard InChI is InChI=1S/C13H27NOS/c1-4-14(9-12(2,3)15)10-13(11-16)7-5-6-8-13/h15-16H,4-11H2,1-3H3. The lowest BCUT2D eigenvalue weighted by molar-refractivity contribution is 0.0252. The first kappa shape index (κ1) is 14.3. The second-order valence-electron chi connectivity index (χ2n) is 5.98. The smallest absolute Gasteiger partial charge is 0.0718 e. The van der Waals surface area contributed by atoms with Crippen molar-refractivity contribution in [1.82, 2.24) is 4.90 Å². The zero-order chi connectivity index (χ0) is 12.2. The van der Waals surface area contributed by atoms with E-state index >= 15 is 0 Å². The average Bonchev–Trinajstić information content (AvgIpc) is 2.64. The third-order valence-electron chi connectivity index (χ3n) is 3.62. The zero-order valence-corrected chi connectivity index (χ0v) is 11.9. The molecule has 1 N–H and O–H groups in total. The van der Waals surface area contributed by atoms with Gasteiger partial charge in [-0.25, -0.2) is 0 Å². The molecule has 0 aromatic carbocycles. The fourth-order valence-electron chi connectivity index (χ4n) is 2.79. The van der Waals surface area contributed by atoms with Crippen LogP contribution < -0.4 is 0 Å². The van der Waals surface area contributed by atoms with Crippen molar-refractivity contribution in [3.05, 3.63) is 0 Å². The van der Waals surface area contributed by atoms with E-state index < -0.39 is 5.60 Å². The summed E-state index contributed by atoms with van der Waals surface area (Å²) in [5.41, 5.74) is -0.184. The van der Waals surface area contributed by atoms with Crippen molar-refractivity contribution in [2.75, 3.05) is 25.4 Å². The molecular formula is C13H27NOS. The molecule has 0 aliphatic heterocycles. The molecule has 0 aromatic heterocycles. The van der Waals surface area contributed by atoms with Crippen LogP contribution in [0.3, 0.4) is 0 Å². The van der Waals surface area contributed by atoms with Crippen molar-refractivity contribution < 1.29 is 5.11 Å². The highest BCUT2D eigenvalue weighted by Crippen LogP contribution is 2.39. The average molecular weight is 245 g/mol. The molecule has 0 bridgehead atoms. The number of thiol groups is 1. The lowest BCUT2D eigenvalue weighted by atomic mass is 9.87. The van der Waals surface area contributed by atoms with Crippen molar-refractivity contribution in [1.29, 1.82) is 0 Å². The highest BCUT2D eigenvalue weighted by Gasteiger charge is 2.34. The molecule has 0 heterocycles. The predicted octanol–water partition coefficient (Wildman–Crippen LogP) is 2.57. The van der Waals surface area contributed by atoms with Crippen molar-refractivity contribution in [2.45, 2.75) is 52.1 Å². The topological polar surface area (TPSA) is 23.5 Å². The van der Waals surface area contributed by atoms with E-state index in [1.807, 2.05) is 13.8 Å². The number of aliphatic hydroxyl groups is 1. The molecule has 0 atom stereocenters. The van der Waals surface area contributed by atoms with Crippen LogP contribution in [0.15, 0.2) is 0 Å². The van der Waals surface area contributed by atoms with Crippen LogP contribution in [-0.2, 0) is 0 Å². The van der Waals surface area contributed by atoms with E-state index in [4.69, 9.17) is 0 Å².